The quantitative estimate of drug-likeness (QED) is 0.502. The van der Waals surface area contributed by atoms with Gasteiger partial charge in [0.15, 0.2) is 11.0 Å². The predicted molar refractivity (Wildman–Crippen MR) is 115 cm³/mol. The SMILES string of the molecule is CCCn1c(SCC(=O)NC(C)c2ccc(Br)cc2)nnc1-c1ccncc1. The first kappa shape index (κ1) is 20.5. The van der Waals surface area contributed by atoms with Crippen molar-refractivity contribution in [2.45, 2.75) is 38.0 Å². The van der Waals surface area contributed by atoms with Crippen molar-refractivity contribution in [3.63, 3.8) is 0 Å². The minimum Gasteiger partial charge on any atom is -0.349 e. The van der Waals surface area contributed by atoms with Gasteiger partial charge in [0.05, 0.1) is 11.8 Å². The van der Waals surface area contributed by atoms with Gasteiger partial charge < -0.3 is 9.88 Å². The molecule has 2 aromatic heterocycles. The van der Waals surface area contributed by atoms with Crippen molar-refractivity contribution in [2.75, 3.05) is 5.75 Å². The topological polar surface area (TPSA) is 72.7 Å². The van der Waals surface area contributed by atoms with Crippen molar-refractivity contribution in [1.29, 1.82) is 0 Å². The van der Waals surface area contributed by atoms with Crippen LogP contribution in [0.2, 0.25) is 0 Å². The fourth-order valence-corrected chi connectivity index (χ4v) is 3.82. The molecule has 0 aliphatic carbocycles. The third-order valence-corrected chi connectivity index (χ3v) is 5.68. The van der Waals surface area contributed by atoms with Crippen LogP contribution in [0.1, 0.15) is 31.9 Å². The monoisotopic (exact) mass is 459 g/mol. The molecule has 0 aliphatic heterocycles. The van der Waals surface area contributed by atoms with Crippen LogP contribution in [0.3, 0.4) is 0 Å². The van der Waals surface area contributed by atoms with Gasteiger partial charge in [-0.05, 0) is 43.2 Å². The molecule has 1 aromatic carbocycles. The number of amides is 1. The van der Waals surface area contributed by atoms with Crippen molar-refractivity contribution < 1.29 is 4.79 Å². The van der Waals surface area contributed by atoms with Gasteiger partial charge in [0.1, 0.15) is 0 Å². The molecule has 0 bridgehead atoms. The number of aromatic nitrogens is 4. The highest BCUT2D eigenvalue weighted by molar-refractivity contribution is 9.10. The number of benzene rings is 1. The van der Waals surface area contributed by atoms with Gasteiger partial charge in [0.25, 0.3) is 0 Å². The van der Waals surface area contributed by atoms with E-state index in [1.54, 1.807) is 12.4 Å². The van der Waals surface area contributed by atoms with Crippen LogP contribution in [-0.4, -0.2) is 31.4 Å². The van der Waals surface area contributed by atoms with Crippen LogP contribution in [0.5, 0.6) is 0 Å². The molecule has 8 heteroatoms. The fourth-order valence-electron chi connectivity index (χ4n) is 2.78. The lowest BCUT2D eigenvalue weighted by Gasteiger charge is -2.14. The van der Waals surface area contributed by atoms with Crippen LogP contribution in [-0.2, 0) is 11.3 Å². The van der Waals surface area contributed by atoms with Gasteiger partial charge in [0, 0.05) is 29.0 Å². The number of halogens is 1. The Balaban J connectivity index is 1.64. The summed E-state index contributed by atoms with van der Waals surface area (Å²) < 4.78 is 3.08. The molecule has 0 fully saturated rings. The summed E-state index contributed by atoms with van der Waals surface area (Å²) in [5.41, 5.74) is 2.03. The van der Waals surface area contributed by atoms with Crippen LogP contribution >= 0.6 is 27.7 Å². The van der Waals surface area contributed by atoms with E-state index in [4.69, 9.17) is 0 Å². The molecule has 3 aromatic rings. The number of carbonyl (C=O) groups is 1. The van der Waals surface area contributed by atoms with Crippen molar-refractivity contribution in [3.05, 3.63) is 58.8 Å². The lowest BCUT2D eigenvalue weighted by Crippen LogP contribution is -2.28. The third-order valence-electron chi connectivity index (χ3n) is 4.18. The molecule has 1 atom stereocenters. The summed E-state index contributed by atoms with van der Waals surface area (Å²) >= 11 is 4.83. The van der Waals surface area contributed by atoms with E-state index >= 15 is 0 Å². The summed E-state index contributed by atoms with van der Waals surface area (Å²) in [6, 6.07) is 11.7. The number of nitrogens with one attached hydrogen (secondary N) is 1. The molecule has 2 heterocycles. The van der Waals surface area contributed by atoms with Crippen LogP contribution in [0.4, 0.5) is 0 Å². The standard InChI is InChI=1S/C20H22BrN5OS/c1-3-12-26-19(16-8-10-22-11-9-16)24-25-20(26)28-13-18(27)23-14(2)15-4-6-17(21)7-5-15/h4-11,14H,3,12-13H2,1-2H3,(H,23,27). The molecule has 1 amide bonds. The Labute approximate surface area is 177 Å². The van der Waals surface area contributed by atoms with Crippen molar-refractivity contribution >= 4 is 33.6 Å². The lowest BCUT2D eigenvalue weighted by atomic mass is 10.1. The van der Waals surface area contributed by atoms with E-state index in [-0.39, 0.29) is 11.9 Å². The van der Waals surface area contributed by atoms with Gasteiger partial charge in [-0.3, -0.25) is 9.78 Å². The van der Waals surface area contributed by atoms with Crippen LogP contribution in [0, 0.1) is 0 Å². The third kappa shape index (κ3) is 5.20. The first-order chi connectivity index (χ1) is 13.6. The molecule has 1 N–H and O–H groups in total. The zero-order valence-electron chi connectivity index (χ0n) is 15.8. The number of hydrogen-bond acceptors (Lipinski definition) is 5. The molecule has 1 unspecified atom stereocenters. The number of hydrogen-bond donors (Lipinski definition) is 1. The number of nitrogens with zero attached hydrogens (tertiary/aromatic N) is 4. The second-order valence-electron chi connectivity index (χ2n) is 6.32. The van der Waals surface area contributed by atoms with E-state index in [1.165, 1.54) is 11.8 Å². The van der Waals surface area contributed by atoms with Gasteiger partial charge >= 0.3 is 0 Å². The Morgan fingerprint density at radius 2 is 1.89 bits per heavy atom. The maximum Gasteiger partial charge on any atom is 0.230 e. The Morgan fingerprint density at radius 1 is 1.18 bits per heavy atom. The minimum absolute atomic E-state index is 0.0306. The molecule has 0 aliphatic rings. The zero-order chi connectivity index (χ0) is 19.9. The van der Waals surface area contributed by atoms with Crippen molar-refractivity contribution in [3.8, 4) is 11.4 Å². The summed E-state index contributed by atoms with van der Waals surface area (Å²) in [7, 11) is 0. The highest BCUT2D eigenvalue weighted by Gasteiger charge is 2.16. The summed E-state index contributed by atoms with van der Waals surface area (Å²) in [6.07, 6.45) is 4.44. The zero-order valence-corrected chi connectivity index (χ0v) is 18.2. The summed E-state index contributed by atoms with van der Waals surface area (Å²) in [4.78, 5) is 16.5. The molecule has 0 radical (unpaired) electrons. The van der Waals surface area contributed by atoms with Crippen LogP contribution in [0.15, 0.2) is 58.4 Å². The molecular weight excluding hydrogens is 438 g/mol. The molecule has 0 spiro atoms. The van der Waals surface area contributed by atoms with E-state index in [1.807, 2.05) is 43.3 Å². The molecule has 3 rings (SSSR count). The Kier molecular flexibility index (Phi) is 7.22. The fraction of sp³-hybridized carbons (Fsp3) is 0.300. The Bertz CT molecular complexity index is 914. The number of pyridine rings is 1. The molecule has 0 saturated heterocycles. The number of rotatable bonds is 8. The normalized spacial score (nSPS) is 12.0. The molecular formula is C20H22BrN5OS. The van der Waals surface area contributed by atoms with Crippen LogP contribution < -0.4 is 5.32 Å². The van der Waals surface area contributed by atoms with E-state index in [2.05, 4.69) is 47.9 Å². The number of carbonyl (C=O) groups excluding carboxylic acids is 1. The van der Waals surface area contributed by atoms with E-state index in [0.29, 0.717) is 5.75 Å². The maximum absolute atomic E-state index is 12.4. The largest absolute Gasteiger partial charge is 0.349 e. The predicted octanol–water partition coefficient (Wildman–Crippen LogP) is 4.48. The van der Waals surface area contributed by atoms with E-state index < -0.39 is 0 Å². The average Bonchev–Trinajstić information content (AvgIpc) is 3.10. The van der Waals surface area contributed by atoms with Gasteiger partial charge in [-0.15, -0.1) is 10.2 Å². The Morgan fingerprint density at radius 3 is 2.57 bits per heavy atom. The second kappa shape index (κ2) is 9.84. The van der Waals surface area contributed by atoms with Gasteiger partial charge in [0.2, 0.25) is 5.91 Å². The smallest absolute Gasteiger partial charge is 0.230 e. The van der Waals surface area contributed by atoms with Gasteiger partial charge in [-0.25, -0.2) is 0 Å². The second-order valence-corrected chi connectivity index (χ2v) is 8.18. The molecule has 6 nitrogen and oxygen atoms in total. The van der Waals surface area contributed by atoms with E-state index in [9.17, 15) is 4.79 Å². The maximum atomic E-state index is 12.4. The lowest BCUT2D eigenvalue weighted by molar-refractivity contribution is -0.119. The Hall–Kier alpha value is -2.19. The first-order valence-corrected chi connectivity index (χ1v) is 10.9. The summed E-state index contributed by atoms with van der Waals surface area (Å²) in [5.74, 6) is 1.06. The molecule has 146 valence electrons. The van der Waals surface area contributed by atoms with Gasteiger partial charge in [-0.2, -0.15) is 0 Å². The molecule has 0 saturated carbocycles. The number of thioether (sulfide) groups is 1. The molecule has 28 heavy (non-hydrogen) atoms. The summed E-state index contributed by atoms with van der Waals surface area (Å²) in [5, 5.41) is 12.4. The average molecular weight is 460 g/mol. The minimum atomic E-state index is -0.0536. The summed E-state index contributed by atoms with van der Waals surface area (Å²) in [6.45, 7) is 4.88. The van der Waals surface area contributed by atoms with E-state index in [0.717, 1.165) is 39.5 Å². The highest BCUT2D eigenvalue weighted by atomic mass is 79.9. The van der Waals surface area contributed by atoms with Gasteiger partial charge in [-0.1, -0.05) is 46.7 Å². The van der Waals surface area contributed by atoms with Crippen LogP contribution in [0.25, 0.3) is 11.4 Å². The van der Waals surface area contributed by atoms with Crippen molar-refractivity contribution in [2.24, 2.45) is 0 Å². The highest BCUT2D eigenvalue weighted by Crippen LogP contribution is 2.24. The van der Waals surface area contributed by atoms with Crippen molar-refractivity contribution in [1.82, 2.24) is 25.1 Å². The first-order valence-electron chi connectivity index (χ1n) is 9.09.